The number of aryl methyl sites for hydroxylation is 2. The lowest BCUT2D eigenvalue weighted by Crippen LogP contribution is -2.41. The predicted molar refractivity (Wildman–Crippen MR) is 126 cm³/mol. The first kappa shape index (κ1) is 24.1. The van der Waals surface area contributed by atoms with E-state index in [0.717, 1.165) is 5.56 Å². The molecule has 0 saturated heterocycles. The zero-order valence-corrected chi connectivity index (χ0v) is 20.0. The Kier molecular flexibility index (Phi) is 6.64. The van der Waals surface area contributed by atoms with Crippen LogP contribution in [0.3, 0.4) is 0 Å². The molecule has 3 aromatic rings. The summed E-state index contributed by atoms with van der Waals surface area (Å²) in [6, 6.07) is 12.8. The van der Waals surface area contributed by atoms with E-state index in [4.69, 9.17) is 4.42 Å². The number of hydrazine groups is 1. The Hall–Kier alpha value is -3.59. The van der Waals surface area contributed by atoms with E-state index in [1.807, 2.05) is 26.8 Å². The standard InChI is InChI=1S/C24H27N3O5S/c1-15-6-9-18(24(3,4)5)14-21(15)33(30,31)27-19-10-7-17(8-11-19)22(28)25-26-23(29)20-12-13-32-16(20)2/h6-14,27H,1-5H3,(H,25,28)(H,26,29). The van der Waals surface area contributed by atoms with Gasteiger partial charge in [0.2, 0.25) is 0 Å². The average molecular weight is 470 g/mol. The van der Waals surface area contributed by atoms with Gasteiger partial charge < -0.3 is 4.42 Å². The minimum Gasteiger partial charge on any atom is -0.469 e. The topological polar surface area (TPSA) is 118 Å². The molecule has 0 unspecified atom stereocenters. The molecule has 0 bridgehead atoms. The molecule has 3 N–H and O–H groups in total. The van der Waals surface area contributed by atoms with Crippen LogP contribution in [0.1, 0.15) is 58.4 Å². The zero-order valence-electron chi connectivity index (χ0n) is 19.1. The van der Waals surface area contributed by atoms with Crippen LogP contribution >= 0.6 is 0 Å². The Morgan fingerprint density at radius 1 is 0.879 bits per heavy atom. The summed E-state index contributed by atoms with van der Waals surface area (Å²) in [7, 11) is -3.83. The number of carbonyl (C=O) groups excluding carboxylic acids is 2. The lowest BCUT2D eigenvalue weighted by molar-refractivity contribution is 0.0845. The summed E-state index contributed by atoms with van der Waals surface area (Å²) in [5.41, 5.74) is 6.84. The molecule has 3 rings (SSSR count). The van der Waals surface area contributed by atoms with Gasteiger partial charge in [0, 0.05) is 11.3 Å². The van der Waals surface area contributed by atoms with Crippen molar-refractivity contribution in [2.24, 2.45) is 0 Å². The van der Waals surface area contributed by atoms with Crippen LogP contribution in [0.5, 0.6) is 0 Å². The second kappa shape index (κ2) is 9.11. The van der Waals surface area contributed by atoms with Crippen molar-refractivity contribution in [3.05, 3.63) is 82.8 Å². The summed E-state index contributed by atoms with van der Waals surface area (Å²) >= 11 is 0. The summed E-state index contributed by atoms with van der Waals surface area (Å²) in [6.07, 6.45) is 1.38. The predicted octanol–water partition coefficient (Wildman–Crippen LogP) is 4.07. The van der Waals surface area contributed by atoms with Crippen LogP contribution in [0, 0.1) is 13.8 Å². The molecule has 0 saturated carbocycles. The molecule has 0 aliphatic rings. The Morgan fingerprint density at radius 2 is 1.52 bits per heavy atom. The summed E-state index contributed by atoms with van der Waals surface area (Å²) in [5, 5.41) is 0. The minimum absolute atomic E-state index is 0.196. The molecule has 0 aliphatic heterocycles. The van der Waals surface area contributed by atoms with Gasteiger partial charge in [-0.05, 0) is 66.8 Å². The van der Waals surface area contributed by atoms with Gasteiger partial charge in [-0.15, -0.1) is 0 Å². The van der Waals surface area contributed by atoms with Crippen LogP contribution in [0.4, 0.5) is 5.69 Å². The molecule has 0 atom stereocenters. The molecule has 8 nitrogen and oxygen atoms in total. The number of nitrogens with one attached hydrogen (secondary N) is 3. The largest absolute Gasteiger partial charge is 0.469 e. The number of anilines is 1. The van der Waals surface area contributed by atoms with Crippen LogP contribution in [0.25, 0.3) is 0 Å². The van der Waals surface area contributed by atoms with Gasteiger partial charge in [0.25, 0.3) is 21.8 Å². The molecule has 9 heteroatoms. The fraction of sp³-hybridized carbons (Fsp3) is 0.250. The van der Waals surface area contributed by atoms with E-state index in [9.17, 15) is 18.0 Å². The van der Waals surface area contributed by atoms with Gasteiger partial charge in [-0.25, -0.2) is 8.42 Å². The maximum atomic E-state index is 13.0. The van der Waals surface area contributed by atoms with Crippen LogP contribution in [-0.4, -0.2) is 20.2 Å². The SMILES string of the molecule is Cc1ccc(C(C)(C)C)cc1S(=O)(=O)Nc1ccc(C(=O)NNC(=O)c2ccoc2C)cc1. The van der Waals surface area contributed by atoms with Crippen LogP contribution in [-0.2, 0) is 15.4 Å². The summed E-state index contributed by atoms with van der Waals surface area (Å²) in [4.78, 5) is 24.6. The van der Waals surface area contributed by atoms with Crippen molar-refractivity contribution in [1.29, 1.82) is 0 Å². The van der Waals surface area contributed by atoms with Crippen LogP contribution in [0.15, 0.2) is 64.1 Å². The molecular weight excluding hydrogens is 442 g/mol. The van der Waals surface area contributed by atoms with Gasteiger partial charge in [-0.2, -0.15) is 0 Å². The van der Waals surface area contributed by atoms with Gasteiger partial charge in [0.15, 0.2) is 0 Å². The molecule has 33 heavy (non-hydrogen) atoms. The third-order valence-corrected chi connectivity index (χ3v) is 6.66. The molecule has 0 radical (unpaired) electrons. The van der Waals surface area contributed by atoms with Gasteiger partial charge in [-0.1, -0.05) is 32.9 Å². The fourth-order valence-electron chi connectivity index (χ4n) is 3.13. The number of hydrogen-bond acceptors (Lipinski definition) is 5. The molecule has 2 amide bonds. The first-order valence-electron chi connectivity index (χ1n) is 10.3. The van der Waals surface area contributed by atoms with Crippen molar-refractivity contribution >= 4 is 27.5 Å². The second-order valence-electron chi connectivity index (χ2n) is 8.71. The Morgan fingerprint density at radius 3 is 2.09 bits per heavy atom. The van der Waals surface area contributed by atoms with E-state index in [1.165, 1.54) is 36.6 Å². The Bertz CT molecular complexity index is 1290. The second-order valence-corrected chi connectivity index (χ2v) is 10.4. The number of hydrogen-bond donors (Lipinski definition) is 3. The van der Waals surface area contributed by atoms with E-state index in [1.54, 1.807) is 26.0 Å². The number of rotatable bonds is 5. The van der Waals surface area contributed by atoms with Crippen molar-refractivity contribution in [2.45, 2.75) is 44.9 Å². The lowest BCUT2D eigenvalue weighted by atomic mass is 9.87. The molecular formula is C24H27N3O5S. The number of amides is 2. The van der Waals surface area contributed by atoms with Crippen molar-refractivity contribution in [3.8, 4) is 0 Å². The quantitative estimate of drug-likeness (QED) is 0.487. The summed E-state index contributed by atoms with van der Waals surface area (Å²) in [5.74, 6) is -0.624. The third-order valence-electron chi connectivity index (χ3n) is 5.14. The molecule has 0 spiro atoms. The van der Waals surface area contributed by atoms with E-state index in [0.29, 0.717) is 22.6 Å². The maximum Gasteiger partial charge on any atom is 0.273 e. The molecule has 1 aromatic heterocycles. The summed E-state index contributed by atoms with van der Waals surface area (Å²) < 4.78 is 33.6. The number of furan rings is 1. The van der Waals surface area contributed by atoms with Gasteiger partial charge >= 0.3 is 0 Å². The number of sulfonamides is 1. The first-order valence-corrected chi connectivity index (χ1v) is 11.8. The fourth-order valence-corrected chi connectivity index (χ4v) is 4.46. The van der Waals surface area contributed by atoms with Crippen molar-refractivity contribution in [2.75, 3.05) is 4.72 Å². The average Bonchev–Trinajstić information content (AvgIpc) is 3.17. The normalized spacial score (nSPS) is 11.7. The first-order chi connectivity index (χ1) is 15.4. The highest BCUT2D eigenvalue weighted by Gasteiger charge is 2.22. The Labute approximate surface area is 193 Å². The highest BCUT2D eigenvalue weighted by Crippen LogP contribution is 2.27. The lowest BCUT2D eigenvalue weighted by Gasteiger charge is -2.21. The van der Waals surface area contributed by atoms with Crippen LogP contribution < -0.4 is 15.6 Å². The monoisotopic (exact) mass is 469 g/mol. The van der Waals surface area contributed by atoms with Gasteiger partial charge in [0.05, 0.1) is 16.7 Å². The summed E-state index contributed by atoms with van der Waals surface area (Å²) in [6.45, 7) is 9.43. The number of carbonyl (C=O) groups is 2. The molecule has 174 valence electrons. The Balaban J connectivity index is 1.69. The highest BCUT2D eigenvalue weighted by atomic mass is 32.2. The minimum atomic E-state index is -3.83. The molecule has 0 fully saturated rings. The highest BCUT2D eigenvalue weighted by molar-refractivity contribution is 7.92. The van der Waals surface area contributed by atoms with Crippen molar-refractivity contribution in [1.82, 2.24) is 10.9 Å². The van der Waals surface area contributed by atoms with E-state index in [-0.39, 0.29) is 15.9 Å². The zero-order chi connectivity index (χ0) is 24.4. The molecule has 2 aromatic carbocycles. The van der Waals surface area contributed by atoms with Crippen molar-refractivity contribution < 1.29 is 22.4 Å². The van der Waals surface area contributed by atoms with E-state index in [2.05, 4.69) is 15.6 Å². The van der Waals surface area contributed by atoms with E-state index < -0.39 is 21.8 Å². The third kappa shape index (κ3) is 5.61. The smallest absolute Gasteiger partial charge is 0.273 e. The molecule has 0 aliphatic carbocycles. The van der Waals surface area contributed by atoms with Gasteiger partial charge in [-0.3, -0.25) is 25.2 Å². The number of benzene rings is 2. The van der Waals surface area contributed by atoms with Crippen molar-refractivity contribution in [3.63, 3.8) is 0 Å². The maximum absolute atomic E-state index is 13.0. The van der Waals surface area contributed by atoms with E-state index >= 15 is 0 Å². The molecule has 1 heterocycles. The van der Waals surface area contributed by atoms with Crippen LogP contribution in [0.2, 0.25) is 0 Å². The van der Waals surface area contributed by atoms with Gasteiger partial charge in [0.1, 0.15) is 5.76 Å².